The van der Waals surface area contributed by atoms with Gasteiger partial charge in [-0.15, -0.1) is 0 Å². The predicted molar refractivity (Wildman–Crippen MR) is 83.0 cm³/mol. The van der Waals surface area contributed by atoms with Gasteiger partial charge in [0.25, 0.3) is 0 Å². The summed E-state index contributed by atoms with van der Waals surface area (Å²) in [7, 11) is 0. The first kappa shape index (κ1) is 15.2. The number of halogens is 1. The number of carbonyl (C=O) groups excluding carboxylic acids is 1. The quantitative estimate of drug-likeness (QED) is 0.827. The number of phenols is 1. The van der Waals surface area contributed by atoms with E-state index in [4.69, 9.17) is 16.3 Å². The molecule has 2 aromatic rings. The van der Waals surface area contributed by atoms with Gasteiger partial charge in [0.05, 0.1) is 18.7 Å². The number of anilines is 1. The van der Waals surface area contributed by atoms with Gasteiger partial charge in [0, 0.05) is 5.02 Å². The molecule has 0 unspecified atom stereocenters. The van der Waals surface area contributed by atoms with Crippen molar-refractivity contribution in [1.29, 1.82) is 0 Å². The van der Waals surface area contributed by atoms with Crippen LogP contribution in [0.3, 0.4) is 0 Å². The molecule has 0 aromatic heterocycles. The van der Waals surface area contributed by atoms with Crippen LogP contribution in [0, 0.1) is 6.92 Å². The molecule has 110 valence electrons. The maximum Gasteiger partial charge on any atom is 0.227 e. The van der Waals surface area contributed by atoms with E-state index in [1.807, 2.05) is 6.92 Å². The van der Waals surface area contributed by atoms with E-state index in [-0.39, 0.29) is 24.7 Å². The van der Waals surface area contributed by atoms with E-state index < -0.39 is 0 Å². The van der Waals surface area contributed by atoms with Crippen molar-refractivity contribution in [3.8, 4) is 11.5 Å². The van der Waals surface area contributed by atoms with Crippen molar-refractivity contribution in [2.45, 2.75) is 13.3 Å². The first-order valence-electron chi connectivity index (χ1n) is 6.52. The fraction of sp³-hybridized carbons (Fsp3) is 0.188. The summed E-state index contributed by atoms with van der Waals surface area (Å²) in [5, 5.41) is 12.9. The van der Waals surface area contributed by atoms with Crippen molar-refractivity contribution in [2.24, 2.45) is 0 Å². The van der Waals surface area contributed by atoms with Crippen LogP contribution < -0.4 is 10.1 Å². The van der Waals surface area contributed by atoms with Gasteiger partial charge in [0.15, 0.2) is 0 Å². The standard InChI is InChI=1S/C16H16ClNO3/c1-11-2-7-15(19)14(10-11)18-16(20)8-9-21-13-5-3-12(17)4-6-13/h2-7,10,19H,8-9H2,1H3,(H,18,20). The van der Waals surface area contributed by atoms with Crippen LogP contribution in [0.2, 0.25) is 5.02 Å². The molecule has 0 spiro atoms. The molecule has 0 saturated heterocycles. The fourth-order valence-electron chi connectivity index (χ4n) is 1.76. The predicted octanol–water partition coefficient (Wildman–Crippen LogP) is 3.76. The summed E-state index contributed by atoms with van der Waals surface area (Å²) in [5.41, 5.74) is 1.37. The van der Waals surface area contributed by atoms with Gasteiger partial charge in [0.2, 0.25) is 5.91 Å². The number of nitrogens with one attached hydrogen (secondary N) is 1. The summed E-state index contributed by atoms with van der Waals surface area (Å²) in [5.74, 6) is 0.489. The number of amides is 1. The molecule has 4 nitrogen and oxygen atoms in total. The lowest BCUT2D eigenvalue weighted by Crippen LogP contribution is -2.15. The number of aromatic hydroxyl groups is 1. The zero-order valence-corrected chi connectivity index (χ0v) is 12.4. The van der Waals surface area contributed by atoms with E-state index in [2.05, 4.69) is 5.32 Å². The molecule has 2 rings (SSSR count). The Morgan fingerprint density at radius 1 is 1.24 bits per heavy atom. The number of rotatable bonds is 5. The zero-order valence-electron chi connectivity index (χ0n) is 11.6. The molecule has 0 fully saturated rings. The van der Waals surface area contributed by atoms with E-state index in [0.29, 0.717) is 16.5 Å². The minimum Gasteiger partial charge on any atom is -0.506 e. The SMILES string of the molecule is Cc1ccc(O)c(NC(=O)CCOc2ccc(Cl)cc2)c1. The molecule has 0 bridgehead atoms. The summed E-state index contributed by atoms with van der Waals surface area (Å²) in [6.07, 6.45) is 0.190. The highest BCUT2D eigenvalue weighted by Crippen LogP contribution is 2.24. The van der Waals surface area contributed by atoms with Crippen LogP contribution in [-0.2, 0) is 4.79 Å². The van der Waals surface area contributed by atoms with Crippen LogP contribution in [0.15, 0.2) is 42.5 Å². The second-order valence-corrected chi connectivity index (χ2v) is 5.06. The van der Waals surface area contributed by atoms with Crippen molar-refractivity contribution >= 4 is 23.2 Å². The molecule has 0 radical (unpaired) electrons. The van der Waals surface area contributed by atoms with Gasteiger partial charge in [-0.05, 0) is 48.9 Å². The van der Waals surface area contributed by atoms with Crippen molar-refractivity contribution < 1.29 is 14.6 Å². The minimum atomic E-state index is -0.218. The third-order valence-corrected chi connectivity index (χ3v) is 3.09. The molecule has 21 heavy (non-hydrogen) atoms. The van der Waals surface area contributed by atoms with Crippen LogP contribution in [0.4, 0.5) is 5.69 Å². The largest absolute Gasteiger partial charge is 0.506 e. The molecular formula is C16H16ClNO3. The van der Waals surface area contributed by atoms with Gasteiger partial charge in [-0.25, -0.2) is 0 Å². The molecule has 2 N–H and O–H groups in total. The zero-order chi connectivity index (χ0) is 15.2. The molecule has 0 saturated carbocycles. The summed E-state index contributed by atoms with van der Waals surface area (Å²) < 4.78 is 5.44. The Kier molecular flexibility index (Phi) is 5.06. The van der Waals surface area contributed by atoms with Gasteiger partial charge < -0.3 is 15.2 Å². The molecule has 0 aliphatic rings. The molecule has 1 amide bonds. The maximum atomic E-state index is 11.8. The molecule has 0 heterocycles. The lowest BCUT2D eigenvalue weighted by atomic mass is 10.2. The minimum absolute atomic E-state index is 0.0487. The number of phenolic OH excluding ortho intramolecular Hbond substituents is 1. The number of aryl methyl sites for hydroxylation is 1. The third kappa shape index (κ3) is 4.68. The molecular weight excluding hydrogens is 290 g/mol. The molecule has 0 atom stereocenters. The van der Waals surface area contributed by atoms with Gasteiger partial charge in [-0.1, -0.05) is 17.7 Å². The monoisotopic (exact) mass is 305 g/mol. The summed E-state index contributed by atoms with van der Waals surface area (Å²) >= 11 is 5.77. The highest BCUT2D eigenvalue weighted by Gasteiger charge is 2.07. The number of carbonyl (C=O) groups is 1. The summed E-state index contributed by atoms with van der Waals surface area (Å²) in [6, 6.07) is 12.0. The lowest BCUT2D eigenvalue weighted by Gasteiger charge is -2.09. The van der Waals surface area contributed by atoms with Crippen LogP contribution in [0.1, 0.15) is 12.0 Å². The van der Waals surface area contributed by atoms with Crippen LogP contribution in [0.25, 0.3) is 0 Å². The van der Waals surface area contributed by atoms with E-state index >= 15 is 0 Å². The Morgan fingerprint density at radius 3 is 2.67 bits per heavy atom. The van der Waals surface area contributed by atoms with E-state index in [9.17, 15) is 9.90 Å². The van der Waals surface area contributed by atoms with E-state index in [1.54, 1.807) is 42.5 Å². The Hall–Kier alpha value is -2.20. The van der Waals surface area contributed by atoms with Crippen LogP contribution in [0.5, 0.6) is 11.5 Å². The smallest absolute Gasteiger partial charge is 0.227 e. The fourth-order valence-corrected chi connectivity index (χ4v) is 1.88. The van der Waals surface area contributed by atoms with E-state index in [1.165, 1.54) is 0 Å². The number of hydrogen-bond acceptors (Lipinski definition) is 3. The lowest BCUT2D eigenvalue weighted by molar-refractivity contribution is -0.116. The number of ether oxygens (including phenoxy) is 1. The van der Waals surface area contributed by atoms with Crippen molar-refractivity contribution in [1.82, 2.24) is 0 Å². The molecule has 0 aliphatic heterocycles. The van der Waals surface area contributed by atoms with Crippen LogP contribution in [-0.4, -0.2) is 17.6 Å². The van der Waals surface area contributed by atoms with E-state index in [0.717, 1.165) is 5.56 Å². The highest BCUT2D eigenvalue weighted by molar-refractivity contribution is 6.30. The van der Waals surface area contributed by atoms with Crippen molar-refractivity contribution in [3.63, 3.8) is 0 Å². The maximum absolute atomic E-state index is 11.8. The average Bonchev–Trinajstić information content (AvgIpc) is 2.45. The van der Waals surface area contributed by atoms with Gasteiger partial charge in [-0.3, -0.25) is 4.79 Å². The van der Waals surface area contributed by atoms with Crippen molar-refractivity contribution in [2.75, 3.05) is 11.9 Å². The third-order valence-electron chi connectivity index (χ3n) is 2.84. The highest BCUT2D eigenvalue weighted by atomic mass is 35.5. The Bertz CT molecular complexity index is 626. The molecule has 5 heteroatoms. The van der Waals surface area contributed by atoms with Gasteiger partial charge in [0.1, 0.15) is 11.5 Å². The topological polar surface area (TPSA) is 58.6 Å². The summed E-state index contributed by atoms with van der Waals surface area (Å²) in [4.78, 5) is 11.8. The molecule has 0 aliphatic carbocycles. The second kappa shape index (κ2) is 6.99. The summed E-state index contributed by atoms with van der Waals surface area (Å²) in [6.45, 7) is 2.14. The first-order valence-corrected chi connectivity index (χ1v) is 6.90. The Labute approximate surface area is 128 Å². The number of hydrogen-bond donors (Lipinski definition) is 2. The normalized spacial score (nSPS) is 10.2. The van der Waals surface area contributed by atoms with Crippen LogP contribution >= 0.6 is 11.6 Å². The molecule has 2 aromatic carbocycles. The average molecular weight is 306 g/mol. The van der Waals surface area contributed by atoms with Crippen molar-refractivity contribution in [3.05, 3.63) is 53.1 Å². The van der Waals surface area contributed by atoms with Gasteiger partial charge >= 0.3 is 0 Å². The Balaban J connectivity index is 1.82. The second-order valence-electron chi connectivity index (χ2n) is 4.62. The number of benzene rings is 2. The first-order chi connectivity index (χ1) is 10.0. The van der Waals surface area contributed by atoms with Gasteiger partial charge in [-0.2, -0.15) is 0 Å². The Morgan fingerprint density at radius 2 is 1.95 bits per heavy atom.